The minimum absolute atomic E-state index is 0.464. The van der Waals surface area contributed by atoms with Gasteiger partial charge in [-0.2, -0.15) is 0 Å². The molecule has 4 aromatic rings. The Bertz CT molecular complexity index is 1100. The second-order valence-corrected chi connectivity index (χ2v) is 7.55. The molecule has 4 rings (SSSR count). The van der Waals surface area contributed by atoms with E-state index in [9.17, 15) is 4.79 Å². The lowest BCUT2D eigenvalue weighted by Crippen LogP contribution is -2.14. The van der Waals surface area contributed by atoms with Crippen LogP contribution in [0.5, 0.6) is 11.5 Å². The maximum Gasteiger partial charge on any atom is 0.519 e. The predicted molar refractivity (Wildman–Crippen MR) is 129 cm³/mol. The molecule has 0 N–H and O–H groups in total. The maximum absolute atomic E-state index is 12.7. The molecule has 0 bridgehead atoms. The van der Waals surface area contributed by atoms with Gasteiger partial charge in [0.25, 0.3) is 0 Å². The summed E-state index contributed by atoms with van der Waals surface area (Å²) in [5.41, 5.74) is 6.18. The zero-order valence-corrected chi connectivity index (χ0v) is 18.4. The monoisotopic (exact) mass is 422 g/mol. The van der Waals surface area contributed by atoms with E-state index in [0.29, 0.717) is 11.5 Å². The lowest BCUT2D eigenvalue weighted by atomic mass is 10.0. The Morgan fingerprint density at radius 2 is 0.938 bits per heavy atom. The molecule has 0 aliphatic rings. The van der Waals surface area contributed by atoms with Crippen molar-refractivity contribution >= 4 is 6.16 Å². The quantitative estimate of drug-likeness (QED) is 0.236. The topological polar surface area (TPSA) is 35.5 Å². The largest absolute Gasteiger partial charge is 0.519 e. The van der Waals surface area contributed by atoms with Gasteiger partial charge in [0.15, 0.2) is 0 Å². The van der Waals surface area contributed by atoms with Crippen molar-refractivity contribution in [2.45, 2.75) is 26.7 Å². The van der Waals surface area contributed by atoms with E-state index >= 15 is 0 Å². The molecule has 160 valence electrons. The van der Waals surface area contributed by atoms with Crippen LogP contribution in [0.3, 0.4) is 0 Å². The fourth-order valence-electron chi connectivity index (χ4n) is 3.63. The SMILES string of the molecule is CCc1ccc(-c2ccccc2OC(=O)Oc2ccccc2-c2ccc(CC)cc2)cc1. The van der Waals surface area contributed by atoms with E-state index in [-0.39, 0.29) is 0 Å². The Balaban J connectivity index is 1.55. The summed E-state index contributed by atoms with van der Waals surface area (Å²) in [7, 11) is 0. The summed E-state index contributed by atoms with van der Waals surface area (Å²) < 4.78 is 11.3. The van der Waals surface area contributed by atoms with Crippen LogP contribution in [0, 0.1) is 0 Å². The first-order chi connectivity index (χ1) is 15.7. The molecular weight excluding hydrogens is 396 g/mol. The van der Waals surface area contributed by atoms with Crippen LogP contribution < -0.4 is 9.47 Å². The van der Waals surface area contributed by atoms with Crippen molar-refractivity contribution in [3.05, 3.63) is 108 Å². The molecule has 0 atom stereocenters. The molecule has 3 heteroatoms. The van der Waals surface area contributed by atoms with Crippen LogP contribution in [0.15, 0.2) is 97.1 Å². The van der Waals surface area contributed by atoms with Crippen LogP contribution in [0.25, 0.3) is 22.3 Å². The molecule has 4 aromatic carbocycles. The van der Waals surface area contributed by atoms with E-state index in [1.807, 2.05) is 60.7 Å². The third-order valence-electron chi connectivity index (χ3n) is 5.51. The molecule has 3 nitrogen and oxygen atoms in total. The normalized spacial score (nSPS) is 10.6. The van der Waals surface area contributed by atoms with E-state index in [4.69, 9.17) is 9.47 Å². The Kier molecular flexibility index (Phi) is 6.66. The minimum atomic E-state index is -0.764. The highest BCUT2D eigenvalue weighted by molar-refractivity contribution is 5.78. The third kappa shape index (κ3) is 4.89. The molecule has 0 spiro atoms. The fourth-order valence-corrected chi connectivity index (χ4v) is 3.63. The van der Waals surface area contributed by atoms with Gasteiger partial charge < -0.3 is 9.47 Å². The van der Waals surface area contributed by atoms with Gasteiger partial charge >= 0.3 is 6.16 Å². The molecule has 0 aromatic heterocycles. The molecule has 0 heterocycles. The van der Waals surface area contributed by atoms with Crippen LogP contribution in [0.2, 0.25) is 0 Å². The van der Waals surface area contributed by atoms with Crippen LogP contribution in [-0.4, -0.2) is 6.16 Å². The number of carbonyl (C=O) groups excluding carboxylic acids is 1. The summed E-state index contributed by atoms with van der Waals surface area (Å²) in [5.74, 6) is 0.929. The van der Waals surface area contributed by atoms with Gasteiger partial charge in [-0.25, -0.2) is 4.79 Å². The average Bonchev–Trinajstić information content (AvgIpc) is 2.85. The Morgan fingerprint density at radius 3 is 1.31 bits per heavy atom. The number of para-hydroxylation sites is 2. The fraction of sp³-hybridized carbons (Fsp3) is 0.138. The number of ether oxygens (including phenoxy) is 2. The predicted octanol–water partition coefficient (Wildman–Crippen LogP) is 7.72. The number of rotatable bonds is 6. The first-order valence-electron chi connectivity index (χ1n) is 10.9. The molecule has 0 unspecified atom stereocenters. The van der Waals surface area contributed by atoms with Crippen LogP contribution in [0.4, 0.5) is 4.79 Å². The van der Waals surface area contributed by atoms with E-state index < -0.39 is 6.16 Å². The number of aryl methyl sites for hydroxylation is 2. The average molecular weight is 423 g/mol. The van der Waals surface area contributed by atoms with Gasteiger partial charge in [-0.15, -0.1) is 0 Å². The number of carbonyl (C=O) groups is 1. The summed E-state index contributed by atoms with van der Waals surface area (Å²) >= 11 is 0. The van der Waals surface area contributed by atoms with Gasteiger partial charge in [-0.1, -0.05) is 98.8 Å². The van der Waals surface area contributed by atoms with Crippen LogP contribution >= 0.6 is 0 Å². The standard InChI is InChI=1S/C29H26O3/c1-3-21-13-17-23(18-14-21)25-9-5-7-11-27(25)31-29(30)32-28-12-8-6-10-26(28)24-19-15-22(4-2)16-20-24/h5-20H,3-4H2,1-2H3. The Hall–Kier alpha value is -3.85. The van der Waals surface area contributed by atoms with Gasteiger partial charge in [0.1, 0.15) is 11.5 Å². The van der Waals surface area contributed by atoms with Crippen LogP contribution in [-0.2, 0) is 12.8 Å². The van der Waals surface area contributed by atoms with E-state index in [1.54, 1.807) is 12.1 Å². The molecule has 0 aliphatic carbocycles. The Morgan fingerprint density at radius 1 is 0.562 bits per heavy atom. The molecule has 0 saturated heterocycles. The van der Waals surface area contributed by atoms with Crippen molar-refractivity contribution in [2.24, 2.45) is 0 Å². The summed E-state index contributed by atoms with van der Waals surface area (Å²) in [6.45, 7) is 4.25. The summed E-state index contributed by atoms with van der Waals surface area (Å²) in [4.78, 5) is 12.7. The molecular formula is C29H26O3. The first kappa shape index (κ1) is 21.4. The number of hydrogen-bond acceptors (Lipinski definition) is 3. The van der Waals surface area contributed by atoms with Crippen LogP contribution in [0.1, 0.15) is 25.0 Å². The van der Waals surface area contributed by atoms with Gasteiger partial charge in [0.05, 0.1) is 0 Å². The highest BCUT2D eigenvalue weighted by atomic mass is 16.7. The van der Waals surface area contributed by atoms with Crippen molar-refractivity contribution in [3.8, 4) is 33.8 Å². The molecule has 0 aliphatic heterocycles. The van der Waals surface area contributed by atoms with Gasteiger partial charge in [0, 0.05) is 11.1 Å². The first-order valence-corrected chi connectivity index (χ1v) is 10.9. The van der Waals surface area contributed by atoms with Gasteiger partial charge in [0.2, 0.25) is 0 Å². The highest BCUT2D eigenvalue weighted by Crippen LogP contribution is 2.33. The van der Waals surface area contributed by atoms with Crippen molar-refractivity contribution in [3.63, 3.8) is 0 Å². The van der Waals surface area contributed by atoms with Crippen molar-refractivity contribution in [1.82, 2.24) is 0 Å². The van der Waals surface area contributed by atoms with Crippen molar-refractivity contribution in [2.75, 3.05) is 0 Å². The van der Waals surface area contributed by atoms with E-state index in [2.05, 4.69) is 38.1 Å². The number of benzene rings is 4. The zero-order chi connectivity index (χ0) is 22.3. The molecule has 0 amide bonds. The van der Waals surface area contributed by atoms with Gasteiger partial charge in [-0.05, 0) is 47.2 Å². The van der Waals surface area contributed by atoms with Gasteiger partial charge in [-0.3, -0.25) is 0 Å². The summed E-state index contributed by atoms with van der Waals surface area (Å²) in [6, 6.07) is 31.5. The molecule has 0 fully saturated rings. The molecule has 0 saturated carbocycles. The van der Waals surface area contributed by atoms with E-state index in [1.165, 1.54) is 11.1 Å². The Labute approximate surface area is 189 Å². The number of hydrogen-bond donors (Lipinski definition) is 0. The van der Waals surface area contributed by atoms with E-state index in [0.717, 1.165) is 35.1 Å². The zero-order valence-electron chi connectivity index (χ0n) is 18.4. The maximum atomic E-state index is 12.7. The lowest BCUT2D eigenvalue weighted by Gasteiger charge is -2.13. The van der Waals surface area contributed by atoms with Crippen molar-refractivity contribution < 1.29 is 14.3 Å². The minimum Gasteiger partial charge on any atom is -0.394 e. The smallest absolute Gasteiger partial charge is 0.394 e. The third-order valence-corrected chi connectivity index (χ3v) is 5.51. The second-order valence-electron chi connectivity index (χ2n) is 7.55. The highest BCUT2D eigenvalue weighted by Gasteiger charge is 2.15. The lowest BCUT2D eigenvalue weighted by molar-refractivity contribution is 0.152. The summed E-state index contributed by atoms with van der Waals surface area (Å²) in [5, 5.41) is 0. The summed E-state index contributed by atoms with van der Waals surface area (Å²) in [6.07, 6.45) is 1.19. The molecule has 32 heavy (non-hydrogen) atoms. The van der Waals surface area contributed by atoms with Crippen molar-refractivity contribution in [1.29, 1.82) is 0 Å². The molecule has 0 radical (unpaired) electrons. The second kappa shape index (κ2) is 9.97.